The average Bonchev–Trinajstić information content (AvgIpc) is 3.34. The normalized spacial score (nSPS) is 40.8. The molecule has 0 saturated carbocycles. The molecule has 262 valence electrons. The topological polar surface area (TPSA) is 223 Å². The Morgan fingerprint density at radius 3 is 1.61 bits per heavy atom. The molecule has 0 radical (unpaired) electrons. The standard InChI is InChI=1S/C24H27F2N11O8P2S2/c25-13-17-11-3-40-47(39,49)45-18-12(4-41-46(38,48)44-17)43-24(14(18)26)37-8-34-16-20(30-6-32-22(16)37)28-2-10-9(35-10)1-27-19-15-21(31-5-29-19)36(7-33-15)23(13)42-11/h5-14,17-18,23-24,35H,1-4H2,(H,38,48)(H,39,49)(H,27,29,31)(H,28,30,32)/t9?,10?,11-,12?,13-,14-,17-,18-,23?,24-,46+,47-/m1/s1. The average molecular weight is 762 g/mol. The van der Waals surface area contributed by atoms with Crippen molar-refractivity contribution in [3.8, 4) is 0 Å². The van der Waals surface area contributed by atoms with Crippen LogP contribution in [0.1, 0.15) is 12.5 Å². The fourth-order valence-electron chi connectivity index (χ4n) is 6.43. The molecule has 3 N–H and O–H groups in total. The van der Waals surface area contributed by atoms with Crippen LogP contribution in [0.3, 0.4) is 0 Å². The van der Waals surface area contributed by atoms with Crippen molar-refractivity contribution < 1.29 is 45.5 Å². The quantitative estimate of drug-likeness (QED) is 0.0984. The Balaban J connectivity index is 1.12. The van der Waals surface area contributed by atoms with E-state index in [2.05, 4.69) is 70.4 Å². The number of hydrogen-bond acceptors (Lipinski definition) is 17. The third-order valence-corrected chi connectivity index (χ3v) is 12.1. The molecule has 12 atom stereocenters. The van der Waals surface area contributed by atoms with Crippen LogP contribution in [0.2, 0.25) is 0 Å². The number of thiol groups is 2. The van der Waals surface area contributed by atoms with Gasteiger partial charge in [0.2, 0.25) is 0 Å². The number of fused-ring (bicyclic) bond motifs is 8. The third-order valence-electron chi connectivity index (χ3n) is 8.90. The van der Waals surface area contributed by atoms with Gasteiger partial charge in [-0.15, -0.1) is 0 Å². The molecule has 25 heteroatoms. The van der Waals surface area contributed by atoms with Gasteiger partial charge in [0.05, 0.1) is 25.9 Å². The van der Waals surface area contributed by atoms with E-state index in [4.69, 9.17) is 27.6 Å². The highest BCUT2D eigenvalue weighted by atomic mass is 32.7. The summed E-state index contributed by atoms with van der Waals surface area (Å²) in [7, 11) is 0. The van der Waals surface area contributed by atoms with Gasteiger partial charge in [0.25, 0.3) is 0 Å². The summed E-state index contributed by atoms with van der Waals surface area (Å²) in [4.78, 5) is 26.0. The van der Waals surface area contributed by atoms with E-state index >= 15 is 8.78 Å². The van der Waals surface area contributed by atoms with Crippen LogP contribution in [0.15, 0.2) is 25.3 Å². The van der Waals surface area contributed by atoms with Gasteiger partial charge in [-0.05, 0) is 0 Å². The van der Waals surface area contributed by atoms with E-state index in [0.29, 0.717) is 35.8 Å². The Hall–Kier alpha value is -2.56. The molecule has 0 spiro atoms. The molecule has 4 saturated heterocycles. The maximum atomic E-state index is 16.3. The zero-order valence-electron chi connectivity index (χ0n) is 24.8. The number of nitrogens with zero attached hydrogens (tertiary/aromatic N) is 8. The molecule has 6 aliphatic rings. The van der Waals surface area contributed by atoms with Crippen molar-refractivity contribution in [2.45, 2.75) is 61.3 Å². The molecule has 10 rings (SSSR count). The van der Waals surface area contributed by atoms with Gasteiger partial charge in [-0.3, -0.25) is 27.2 Å². The molecule has 4 aromatic rings. The summed E-state index contributed by atoms with van der Waals surface area (Å²) in [6.45, 7) is -9.08. The number of halogens is 2. The highest BCUT2D eigenvalue weighted by Gasteiger charge is 2.54. The summed E-state index contributed by atoms with van der Waals surface area (Å²) in [6, 6.07) is 0.125. The predicted molar refractivity (Wildman–Crippen MR) is 171 cm³/mol. The van der Waals surface area contributed by atoms with E-state index in [9.17, 15) is 9.13 Å². The minimum absolute atomic E-state index is 0.0626. The molecule has 14 bridgehead atoms. The van der Waals surface area contributed by atoms with Crippen LogP contribution in [0.4, 0.5) is 20.4 Å². The summed E-state index contributed by atoms with van der Waals surface area (Å²) < 4.78 is 96.4. The second-order valence-electron chi connectivity index (χ2n) is 11.9. The van der Waals surface area contributed by atoms with Gasteiger partial charge < -0.3 is 25.4 Å². The second-order valence-corrected chi connectivity index (χ2v) is 17.7. The molecule has 4 unspecified atom stereocenters. The van der Waals surface area contributed by atoms with Crippen molar-refractivity contribution in [1.82, 2.24) is 44.4 Å². The third kappa shape index (κ3) is 5.81. The fraction of sp³-hybridized carbons (Fsp3) is 0.583. The minimum Gasteiger partial charge on any atom is -0.366 e. The molecular weight excluding hydrogens is 734 g/mol. The number of nitrogens with one attached hydrogen (secondary N) is 3. The zero-order chi connectivity index (χ0) is 33.7. The lowest BCUT2D eigenvalue weighted by molar-refractivity contribution is -0.0544. The Kier molecular flexibility index (Phi) is 7.93. The van der Waals surface area contributed by atoms with Gasteiger partial charge in [-0.2, -0.15) is 0 Å². The Morgan fingerprint density at radius 1 is 0.714 bits per heavy atom. The first kappa shape index (κ1) is 32.4. The molecular formula is C24H27F2N11O8P2S2. The molecule has 10 heterocycles. The van der Waals surface area contributed by atoms with Crippen LogP contribution in [-0.2, 0) is 36.7 Å². The van der Waals surface area contributed by atoms with E-state index in [-0.39, 0.29) is 23.4 Å². The Morgan fingerprint density at radius 2 is 1.16 bits per heavy atom. The lowest BCUT2D eigenvalue weighted by Crippen LogP contribution is -2.36. The molecule has 0 aromatic carbocycles. The van der Waals surface area contributed by atoms with E-state index in [1.165, 1.54) is 34.4 Å². The highest BCUT2D eigenvalue weighted by Crippen LogP contribution is 2.60. The Labute approximate surface area is 284 Å². The lowest BCUT2D eigenvalue weighted by Gasteiger charge is -2.28. The monoisotopic (exact) mass is 761 g/mol. The minimum atomic E-state index is -4.39. The SMILES string of the molecule is O=[P@]1(S)OCC2O[C@@H]3[C@H](F)[C@@H]2O[P@](=O)(S)OC[C@H]2OC([C@H](F)[C@@H]2O1)n1cnc2c(ncnc21)NCC1NC1CNc1ncnc2c1ncn23. The summed E-state index contributed by atoms with van der Waals surface area (Å²) in [5, 5.41) is 9.89. The van der Waals surface area contributed by atoms with Crippen molar-refractivity contribution in [3.05, 3.63) is 25.3 Å². The van der Waals surface area contributed by atoms with E-state index in [1.54, 1.807) is 0 Å². The van der Waals surface area contributed by atoms with Gasteiger partial charge in [0.15, 0.2) is 58.8 Å². The first-order valence-corrected chi connectivity index (χ1v) is 20.4. The van der Waals surface area contributed by atoms with Crippen LogP contribution in [-0.4, -0.2) is 114 Å². The van der Waals surface area contributed by atoms with Crippen LogP contribution >= 0.6 is 38.1 Å². The van der Waals surface area contributed by atoms with E-state index < -0.39 is 76.0 Å². The largest absolute Gasteiger partial charge is 0.386 e. The second kappa shape index (κ2) is 12.0. The molecule has 49 heavy (non-hydrogen) atoms. The number of ether oxygens (including phenoxy) is 2. The van der Waals surface area contributed by atoms with Gasteiger partial charge in [0, 0.05) is 25.2 Å². The molecule has 19 nitrogen and oxygen atoms in total. The summed E-state index contributed by atoms with van der Waals surface area (Å²) in [6.07, 6.45) is -7.49. The van der Waals surface area contributed by atoms with Crippen molar-refractivity contribution in [2.75, 3.05) is 36.9 Å². The fourth-order valence-corrected chi connectivity index (χ4v) is 9.39. The Bertz CT molecular complexity index is 1890. The number of imidazole rings is 2. The van der Waals surface area contributed by atoms with Gasteiger partial charge in [-0.1, -0.05) is 24.5 Å². The van der Waals surface area contributed by atoms with Crippen LogP contribution in [0.25, 0.3) is 22.3 Å². The van der Waals surface area contributed by atoms with Crippen molar-refractivity contribution in [1.29, 1.82) is 0 Å². The number of aromatic nitrogens is 8. The number of hydrogen-bond donors (Lipinski definition) is 5. The number of alkyl halides is 2. The molecule has 6 aliphatic heterocycles. The van der Waals surface area contributed by atoms with Crippen LogP contribution < -0.4 is 16.0 Å². The van der Waals surface area contributed by atoms with Crippen LogP contribution in [0, 0.1) is 0 Å². The van der Waals surface area contributed by atoms with Crippen molar-refractivity contribution in [3.63, 3.8) is 0 Å². The summed E-state index contributed by atoms with van der Waals surface area (Å²) in [5.41, 5.74) is 1.14. The first-order chi connectivity index (χ1) is 23.6. The van der Waals surface area contributed by atoms with Gasteiger partial charge >= 0.3 is 13.6 Å². The summed E-state index contributed by atoms with van der Waals surface area (Å²) in [5.74, 6) is 0.813. The molecule has 0 aliphatic carbocycles. The van der Waals surface area contributed by atoms with Gasteiger partial charge in [-0.25, -0.2) is 47.8 Å². The molecule has 4 fully saturated rings. The summed E-state index contributed by atoms with van der Waals surface area (Å²) >= 11 is 8.12. The predicted octanol–water partition coefficient (Wildman–Crippen LogP) is 2.21. The van der Waals surface area contributed by atoms with E-state index in [1.807, 2.05) is 0 Å². The zero-order valence-corrected chi connectivity index (χ0v) is 28.4. The maximum Gasteiger partial charge on any atom is 0.386 e. The lowest BCUT2D eigenvalue weighted by atomic mass is 10.1. The molecule has 4 aromatic heterocycles. The number of anilines is 2. The highest BCUT2D eigenvalue weighted by molar-refractivity contribution is 8.44. The maximum absolute atomic E-state index is 16.3. The van der Waals surface area contributed by atoms with Crippen LogP contribution in [0.5, 0.6) is 0 Å². The first-order valence-electron chi connectivity index (χ1n) is 15.0. The van der Waals surface area contributed by atoms with Crippen molar-refractivity contribution >= 4 is 72.1 Å². The number of rotatable bonds is 0. The van der Waals surface area contributed by atoms with E-state index in [0.717, 1.165) is 0 Å². The van der Waals surface area contributed by atoms with Crippen molar-refractivity contribution in [2.24, 2.45) is 0 Å². The smallest absolute Gasteiger partial charge is 0.366 e. The molecule has 0 amide bonds. The van der Waals surface area contributed by atoms with Gasteiger partial charge in [0.1, 0.15) is 37.1 Å².